The Morgan fingerprint density at radius 2 is 1.12 bits per heavy atom. The van der Waals surface area contributed by atoms with Gasteiger partial charge in [0.25, 0.3) is 10.1 Å². The molecular weight excluding hydrogens is 857 g/mol. The second-order valence-corrected chi connectivity index (χ2v) is 19.5. The van der Waals surface area contributed by atoms with Crippen molar-refractivity contribution in [3.63, 3.8) is 0 Å². The van der Waals surface area contributed by atoms with E-state index >= 15 is 0 Å². The van der Waals surface area contributed by atoms with Gasteiger partial charge in [-0.3, -0.25) is 33.4 Å². The lowest BCUT2D eigenvalue weighted by Crippen LogP contribution is -2.54. The lowest BCUT2D eigenvalue weighted by Gasteiger charge is -2.38. The molecule has 0 spiro atoms. The Balaban J connectivity index is 0.000000233. The van der Waals surface area contributed by atoms with Crippen LogP contribution in [0.4, 0.5) is 9.59 Å². The minimum Gasteiger partial charge on any atom is -0.466 e. The fourth-order valence-corrected chi connectivity index (χ4v) is 9.71. The van der Waals surface area contributed by atoms with Crippen molar-refractivity contribution in [1.29, 1.82) is 0 Å². The van der Waals surface area contributed by atoms with Crippen LogP contribution in [0.3, 0.4) is 0 Å². The molecule has 0 bridgehead atoms. The van der Waals surface area contributed by atoms with Crippen LogP contribution in [-0.2, 0) is 55.9 Å². The molecule has 0 N–H and O–H groups in total. The monoisotopic (exact) mass is 926 g/mol. The Kier molecular flexibility index (Phi) is 19.3. The molecule has 5 heterocycles. The topological polar surface area (TPSA) is 168 Å². The molecule has 360 valence electrons. The second kappa shape index (κ2) is 25.0. The molecule has 0 aromatic heterocycles. The van der Waals surface area contributed by atoms with E-state index in [1.54, 1.807) is 18.7 Å². The molecule has 0 aliphatic carbocycles. The summed E-state index contributed by atoms with van der Waals surface area (Å²) in [6.07, 6.45) is 4.01. The zero-order valence-corrected chi connectivity index (χ0v) is 39.3. The molecule has 0 saturated carbocycles. The van der Waals surface area contributed by atoms with Crippen molar-refractivity contribution >= 4 is 34.2 Å². The first kappa shape index (κ1) is 50.1. The summed E-state index contributed by atoms with van der Waals surface area (Å²) in [4.78, 5) is 62.0. The van der Waals surface area contributed by atoms with Crippen molar-refractivity contribution in [3.8, 4) is 0 Å². The highest BCUT2D eigenvalue weighted by Crippen LogP contribution is 2.25. The molecule has 5 aliphatic rings. The first-order chi connectivity index (χ1) is 31.3. The van der Waals surface area contributed by atoms with Crippen molar-refractivity contribution in [3.05, 3.63) is 71.8 Å². The average molecular weight is 927 g/mol. The number of carbonyl (C=O) groups is 4. The Labute approximate surface area is 385 Å². The largest absolute Gasteiger partial charge is 0.466 e. The maximum atomic E-state index is 12.6. The Bertz CT molecular complexity index is 1910. The number of rotatable bonds is 19. The van der Waals surface area contributed by atoms with Gasteiger partial charge in [0.15, 0.2) is 0 Å². The number of piperazine rings is 1. The zero-order chi connectivity index (χ0) is 46.2. The van der Waals surface area contributed by atoms with Gasteiger partial charge in [-0.15, -0.1) is 0 Å². The number of benzene rings is 2. The Morgan fingerprint density at radius 3 is 1.60 bits per heavy atom. The summed E-state index contributed by atoms with van der Waals surface area (Å²) in [5.41, 5.74) is 2.67. The van der Waals surface area contributed by atoms with E-state index in [9.17, 15) is 27.6 Å². The van der Waals surface area contributed by atoms with Gasteiger partial charge in [-0.25, -0.2) is 9.59 Å². The normalized spacial score (nSPS) is 22.5. The minimum absolute atomic E-state index is 0.00689. The van der Waals surface area contributed by atoms with Crippen LogP contribution in [0.25, 0.3) is 0 Å². The van der Waals surface area contributed by atoms with Crippen LogP contribution in [0, 0.1) is 11.8 Å². The quantitative estimate of drug-likeness (QED) is 0.113. The fraction of sp³-hybridized carbons (Fsp3) is 0.660. The van der Waals surface area contributed by atoms with Gasteiger partial charge in [0.2, 0.25) is 0 Å². The van der Waals surface area contributed by atoms with Crippen LogP contribution in [0.1, 0.15) is 57.1 Å². The van der Waals surface area contributed by atoms with Gasteiger partial charge in [-0.05, 0) is 88.7 Å². The molecule has 2 aromatic rings. The number of cyclic esters (lactones) is 2. The third-order valence-electron chi connectivity index (χ3n) is 12.8. The van der Waals surface area contributed by atoms with E-state index in [0.717, 1.165) is 90.8 Å². The first-order valence-corrected chi connectivity index (χ1v) is 25.2. The lowest BCUT2D eigenvalue weighted by molar-refractivity contribution is -0.157. The molecule has 5 saturated heterocycles. The summed E-state index contributed by atoms with van der Waals surface area (Å²) in [6, 6.07) is 20.4. The molecule has 5 fully saturated rings. The van der Waals surface area contributed by atoms with Gasteiger partial charge in [0, 0.05) is 58.9 Å². The van der Waals surface area contributed by atoms with Gasteiger partial charge >= 0.3 is 24.1 Å². The second-order valence-electron chi connectivity index (χ2n) is 17.8. The van der Waals surface area contributed by atoms with E-state index in [1.807, 2.05) is 21.9 Å². The van der Waals surface area contributed by atoms with E-state index in [4.69, 9.17) is 23.1 Å². The zero-order valence-electron chi connectivity index (χ0n) is 38.5. The lowest BCUT2D eigenvalue weighted by atomic mass is 9.96. The van der Waals surface area contributed by atoms with Crippen molar-refractivity contribution in [2.24, 2.45) is 11.8 Å². The van der Waals surface area contributed by atoms with Crippen LogP contribution in [0.15, 0.2) is 60.7 Å². The molecule has 65 heavy (non-hydrogen) atoms. The van der Waals surface area contributed by atoms with Gasteiger partial charge in [-0.1, -0.05) is 60.7 Å². The van der Waals surface area contributed by atoms with Gasteiger partial charge in [0.1, 0.15) is 24.9 Å². The molecule has 2 aromatic carbocycles. The van der Waals surface area contributed by atoms with E-state index < -0.39 is 28.2 Å². The number of amides is 2. The number of piperidine rings is 2. The van der Waals surface area contributed by atoms with Crippen molar-refractivity contribution in [2.45, 2.75) is 77.3 Å². The molecule has 7 rings (SSSR count). The predicted molar refractivity (Wildman–Crippen MR) is 243 cm³/mol. The highest BCUT2D eigenvalue weighted by molar-refractivity contribution is 7.85. The van der Waals surface area contributed by atoms with Crippen LogP contribution >= 0.6 is 0 Å². The summed E-state index contributed by atoms with van der Waals surface area (Å²) in [5, 5.41) is 0. The molecule has 18 heteroatoms. The fourth-order valence-electron chi connectivity index (χ4n) is 9.31. The Morgan fingerprint density at radius 1 is 0.646 bits per heavy atom. The number of hydrogen-bond donors (Lipinski definition) is 0. The highest BCUT2D eigenvalue weighted by atomic mass is 32.2. The minimum atomic E-state index is -3.52. The third kappa shape index (κ3) is 16.5. The van der Waals surface area contributed by atoms with E-state index in [-0.39, 0.29) is 50.5 Å². The highest BCUT2D eigenvalue weighted by Gasteiger charge is 2.38. The van der Waals surface area contributed by atoms with E-state index in [1.165, 1.54) is 11.1 Å². The molecule has 3 unspecified atom stereocenters. The number of nitrogens with zero attached hydrogens (tertiary/aromatic N) is 6. The van der Waals surface area contributed by atoms with Crippen LogP contribution < -0.4 is 0 Å². The average Bonchev–Trinajstić information content (AvgIpc) is 3.83. The maximum absolute atomic E-state index is 12.6. The summed E-state index contributed by atoms with van der Waals surface area (Å²) in [7, 11) is -3.52. The Hall–Kier alpha value is -4.33. The predicted octanol–water partition coefficient (Wildman–Crippen LogP) is 3.92. The molecule has 5 aliphatic heterocycles. The van der Waals surface area contributed by atoms with Crippen LogP contribution in [0.2, 0.25) is 0 Å². The number of ether oxygens (including phenoxy) is 4. The summed E-state index contributed by atoms with van der Waals surface area (Å²) < 4.78 is 48.0. The number of esters is 2. The summed E-state index contributed by atoms with van der Waals surface area (Å²) >= 11 is 0. The summed E-state index contributed by atoms with van der Waals surface area (Å²) in [6.45, 7) is 15.9. The molecule has 0 radical (unpaired) electrons. The molecule has 2 amide bonds. The molecular formula is C47H70N6O11S. The number of carbonyl (C=O) groups excluding carboxylic acids is 4. The third-order valence-corrected chi connectivity index (χ3v) is 13.3. The standard InChI is InChI=1S/C29H44N4O6.C18H26N2O5S/c1-3-37-27(34)18-26(28(35)38-4-2)32-16-14-31(15-17-32)21-25-22-33(29(36)39-25)20-24-10-12-30(13-11-24)19-23-8-6-5-7-9-23;1-26(22,23)24-14-17-13-20(18(21)25-17)12-16-7-9-19(10-8-16)11-15-5-3-2-4-6-15/h5-9,24-26H,3-4,10-22H2,1-2H3;2-6,16-17H,7-14H2,1H3. The van der Waals surface area contributed by atoms with E-state index in [2.05, 4.69) is 63.2 Å². The molecule has 3 atom stereocenters. The first-order valence-electron chi connectivity index (χ1n) is 23.4. The van der Waals surface area contributed by atoms with E-state index in [0.29, 0.717) is 51.1 Å². The SMILES string of the molecule is CCOC(=O)CC(C(=O)OCC)N1CCN(CC2CN(CC3CCN(Cc4ccccc4)CC3)C(=O)O2)CC1.CS(=O)(=O)OCC1CN(CC2CCN(Cc3ccccc3)CC2)C(=O)O1. The smallest absolute Gasteiger partial charge is 0.410 e. The van der Waals surface area contributed by atoms with Crippen LogP contribution in [0.5, 0.6) is 0 Å². The van der Waals surface area contributed by atoms with Crippen LogP contribution in [-0.4, -0.2) is 191 Å². The van der Waals surface area contributed by atoms with Crippen molar-refractivity contribution in [2.75, 3.05) is 111 Å². The maximum Gasteiger partial charge on any atom is 0.410 e. The molecule has 17 nitrogen and oxygen atoms in total. The van der Waals surface area contributed by atoms with Gasteiger partial charge in [-0.2, -0.15) is 8.42 Å². The number of likely N-dealkylation sites (tertiary alicyclic amines) is 2. The summed E-state index contributed by atoms with van der Waals surface area (Å²) in [5.74, 6) is 0.179. The van der Waals surface area contributed by atoms with Gasteiger partial charge < -0.3 is 28.7 Å². The number of hydrogen-bond acceptors (Lipinski definition) is 15. The van der Waals surface area contributed by atoms with Crippen molar-refractivity contribution < 1.29 is 50.7 Å². The van der Waals surface area contributed by atoms with Gasteiger partial charge in [0.05, 0.1) is 39.0 Å². The van der Waals surface area contributed by atoms with Crippen molar-refractivity contribution in [1.82, 2.24) is 29.4 Å².